The summed E-state index contributed by atoms with van der Waals surface area (Å²) in [7, 11) is -3.85. The highest BCUT2D eigenvalue weighted by molar-refractivity contribution is 7.89. The fourth-order valence-corrected chi connectivity index (χ4v) is 4.12. The van der Waals surface area contributed by atoms with E-state index in [1.54, 1.807) is 19.1 Å². The molecule has 1 aromatic rings. The number of aliphatic hydroxyl groups is 1. The fraction of sp³-hybridized carbons (Fsp3) is 0.500. The zero-order valence-corrected chi connectivity index (χ0v) is 13.6. The summed E-state index contributed by atoms with van der Waals surface area (Å²) in [6, 6.07) is 5.92. The Bertz CT molecular complexity index is 668. The Kier molecular flexibility index (Phi) is 5.37. The zero-order valence-electron chi connectivity index (χ0n) is 12.8. The third kappa shape index (κ3) is 3.54. The highest BCUT2D eigenvalue weighted by Gasteiger charge is 2.43. The van der Waals surface area contributed by atoms with Crippen LogP contribution in [-0.4, -0.2) is 49.1 Å². The average Bonchev–Trinajstić information content (AvgIpc) is 2.55. The maximum absolute atomic E-state index is 12.6. The van der Waals surface area contributed by atoms with Gasteiger partial charge in [-0.05, 0) is 13.0 Å². The monoisotopic (exact) mass is 344 g/mol. The van der Waals surface area contributed by atoms with Crippen molar-refractivity contribution >= 4 is 21.7 Å². The normalized spacial score (nSPS) is 18.6. The molecule has 2 rings (SSSR count). The van der Waals surface area contributed by atoms with Gasteiger partial charge in [-0.25, -0.2) is 13.2 Å². The molecule has 9 heteroatoms. The van der Waals surface area contributed by atoms with Crippen LogP contribution in [0, 0.1) is 5.21 Å². The van der Waals surface area contributed by atoms with Gasteiger partial charge < -0.3 is 20.5 Å². The standard InChI is InChI=1S/C14H20N2O6S/c1-2-22-13(17)14(18)7-9-16(10-8-14)23(20,21)12-6-4-3-5-11(12)15-19/h3-6,18H,2,7-10,15H2,1H3. The van der Waals surface area contributed by atoms with E-state index < -0.39 is 21.6 Å². The van der Waals surface area contributed by atoms with Crippen LogP contribution >= 0.6 is 0 Å². The van der Waals surface area contributed by atoms with E-state index in [0.717, 1.165) is 0 Å². The van der Waals surface area contributed by atoms with Gasteiger partial charge in [0, 0.05) is 32.0 Å². The number of quaternary nitrogens is 1. The molecule has 0 aromatic heterocycles. The second-order valence-corrected chi connectivity index (χ2v) is 7.22. The molecule has 1 fully saturated rings. The van der Waals surface area contributed by atoms with E-state index in [9.17, 15) is 23.5 Å². The molecule has 1 aliphatic rings. The molecule has 1 aromatic carbocycles. The molecule has 0 bridgehead atoms. The maximum Gasteiger partial charge on any atom is 0.338 e. The van der Waals surface area contributed by atoms with Gasteiger partial charge in [-0.1, -0.05) is 12.1 Å². The molecule has 0 unspecified atom stereocenters. The van der Waals surface area contributed by atoms with E-state index >= 15 is 0 Å². The van der Waals surface area contributed by atoms with Crippen LogP contribution in [0.3, 0.4) is 0 Å². The summed E-state index contributed by atoms with van der Waals surface area (Å²) < 4.78 is 31.3. The summed E-state index contributed by atoms with van der Waals surface area (Å²) in [5.41, 5.74) is -1.09. The molecule has 8 nitrogen and oxygen atoms in total. The van der Waals surface area contributed by atoms with Crippen molar-refractivity contribution in [3.8, 4) is 0 Å². The lowest BCUT2D eigenvalue weighted by Gasteiger charge is -2.35. The minimum atomic E-state index is -3.85. The quantitative estimate of drug-likeness (QED) is 0.420. The highest BCUT2D eigenvalue weighted by atomic mass is 32.2. The van der Waals surface area contributed by atoms with Gasteiger partial charge >= 0.3 is 5.97 Å². The molecule has 128 valence electrons. The van der Waals surface area contributed by atoms with Crippen molar-refractivity contribution in [2.24, 2.45) is 0 Å². The third-order valence-corrected chi connectivity index (χ3v) is 5.84. The molecule has 0 spiro atoms. The Hall–Kier alpha value is -1.52. The Labute approximate surface area is 134 Å². The van der Waals surface area contributed by atoms with Crippen LogP contribution in [-0.2, 0) is 19.6 Å². The van der Waals surface area contributed by atoms with Crippen molar-refractivity contribution < 1.29 is 28.5 Å². The van der Waals surface area contributed by atoms with Crippen LogP contribution in [0.1, 0.15) is 19.8 Å². The number of carbonyl (C=O) groups excluding carboxylic acids is 1. The smallest absolute Gasteiger partial charge is 0.338 e. The van der Waals surface area contributed by atoms with E-state index in [2.05, 4.69) is 0 Å². The molecule has 1 heterocycles. The SMILES string of the molecule is CCOC(=O)C1(O)CCN(S(=O)(=O)c2ccccc2[NH2+][O-])CC1. The predicted octanol–water partition coefficient (Wildman–Crippen LogP) is -0.542. The zero-order chi connectivity index (χ0) is 17.1. The molecule has 23 heavy (non-hydrogen) atoms. The Morgan fingerprint density at radius 3 is 2.57 bits per heavy atom. The summed E-state index contributed by atoms with van der Waals surface area (Å²) in [5, 5.41) is 21.3. The minimum Gasteiger partial charge on any atom is -0.630 e. The van der Waals surface area contributed by atoms with E-state index in [-0.39, 0.29) is 43.1 Å². The van der Waals surface area contributed by atoms with Crippen molar-refractivity contribution in [1.82, 2.24) is 4.31 Å². The average molecular weight is 344 g/mol. The van der Waals surface area contributed by atoms with Gasteiger partial charge in [0.25, 0.3) is 0 Å². The molecular formula is C14H20N2O6S. The van der Waals surface area contributed by atoms with Crippen LogP contribution < -0.4 is 5.48 Å². The van der Waals surface area contributed by atoms with E-state index in [0.29, 0.717) is 5.48 Å². The minimum absolute atomic E-state index is 0.0230. The first-order valence-electron chi connectivity index (χ1n) is 7.29. The van der Waals surface area contributed by atoms with Crippen LogP contribution in [0.25, 0.3) is 0 Å². The largest absolute Gasteiger partial charge is 0.630 e. The second kappa shape index (κ2) is 6.93. The number of rotatable bonds is 5. The van der Waals surface area contributed by atoms with E-state index in [4.69, 9.17) is 4.74 Å². The fourth-order valence-electron chi connectivity index (χ4n) is 2.52. The number of esters is 1. The van der Waals surface area contributed by atoms with Gasteiger partial charge in [0.1, 0.15) is 10.6 Å². The van der Waals surface area contributed by atoms with Crippen LogP contribution in [0.4, 0.5) is 5.69 Å². The number of carbonyl (C=O) groups is 1. The van der Waals surface area contributed by atoms with Crippen molar-refractivity contribution in [3.05, 3.63) is 29.5 Å². The molecule has 0 saturated carbocycles. The summed E-state index contributed by atoms with van der Waals surface area (Å²) >= 11 is 0. The van der Waals surface area contributed by atoms with E-state index in [1.807, 2.05) is 0 Å². The van der Waals surface area contributed by atoms with Crippen LogP contribution in [0.15, 0.2) is 29.2 Å². The number of hydrogen-bond acceptors (Lipinski definition) is 6. The first kappa shape index (κ1) is 17.8. The van der Waals surface area contributed by atoms with Gasteiger partial charge in [-0.3, -0.25) is 0 Å². The molecule has 0 amide bonds. The maximum atomic E-state index is 12.6. The molecular weight excluding hydrogens is 324 g/mol. The Morgan fingerprint density at radius 1 is 1.39 bits per heavy atom. The second-order valence-electron chi connectivity index (χ2n) is 5.31. The lowest BCUT2D eigenvalue weighted by atomic mass is 9.93. The molecule has 0 radical (unpaired) electrons. The van der Waals surface area contributed by atoms with Crippen LogP contribution in [0.5, 0.6) is 0 Å². The number of hydrogen-bond donors (Lipinski definition) is 2. The Morgan fingerprint density at radius 2 is 2.00 bits per heavy atom. The Balaban J connectivity index is 2.17. The van der Waals surface area contributed by atoms with Crippen molar-refractivity contribution in [2.45, 2.75) is 30.3 Å². The number of benzene rings is 1. The third-order valence-electron chi connectivity index (χ3n) is 3.87. The molecule has 1 saturated heterocycles. The summed E-state index contributed by atoms with van der Waals surface area (Å²) in [6.45, 7) is 1.74. The molecule has 0 atom stereocenters. The molecule has 0 aliphatic carbocycles. The number of sulfonamides is 1. The van der Waals surface area contributed by atoms with Gasteiger partial charge in [0.2, 0.25) is 10.0 Å². The summed E-state index contributed by atoms with van der Waals surface area (Å²) in [5.74, 6) is -0.731. The van der Waals surface area contributed by atoms with E-state index in [1.165, 1.54) is 16.4 Å². The van der Waals surface area contributed by atoms with Gasteiger partial charge in [0.15, 0.2) is 5.60 Å². The van der Waals surface area contributed by atoms with Crippen molar-refractivity contribution in [1.29, 1.82) is 0 Å². The van der Waals surface area contributed by atoms with Gasteiger partial charge in [-0.2, -0.15) is 4.31 Å². The number of nitrogens with zero attached hydrogens (tertiary/aromatic N) is 1. The predicted molar refractivity (Wildman–Crippen MR) is 81.0 cm³/mol. The summed E-state index contributed by atoms with van der Waals surface area (Å²) in [4.78, 5) is 11.7. The van der Waals surface area contributed by atoms with Gasteiger partial charge in [-0.15, -0.1) is 0 Å². The summed E-state index contributed by atoms with van der Waals surface area (Å²) in [6.07, 6.45) is -0.0946. The number of ether oxygens (including phenoxy) is 1. The first-order valence-corrected chi connectivity index (χ1v) is 8.73. The highest BCUT2D eigenvalue weighted by Crippen LogP contribution is 2.29. The first-order chi connectivity index (χ1) is 10.8. The van der Waals surface area contributed by atoms with Crippen LogP contribution in [0.2, 0.25) is 0 Å². The van der Waals surface area contributed by atoms with Gasteiger partial charge in [0.05, 0.1) is 6.61 Å². The van der Waals surface area contributed by atoms with Crippen molar-refractivity contribution in [3.63, 3.8) is 0 Å². The lowest BCUT2D eigenvalue weighted by Crippen LogP contribution is -2.70. The lowest BCUT2D eigenvalue weighted by molar-refractivity contribution is -0.499. The topological polar surface area (TPSA) is 124 Å². The molecule has 1 aliphatic heterocycles. The van der Waals surface area contributed by atoms with Crippen molar-refractivity contribution in [2.75, 3.05) is 19.7 Å². The number of piperidine rings is 1. The molecule has 3 N–H and O–H groups in total. The number of nitrogens with two attached hydrogens (primary N) is 1.